The number of rotatable bonds is 3. The van der Waals surface area contributed by atoms with Crippen LogP contribution in [0.5, 0.6) is 0 Å². The molecule has 4 heteroatoms. The van der Waals surface area contributed by atoms with Gasteiger partial charge in [-0.1, -0.05) is 22.6 Å². The molecule has 0 radical (unpaired) electrons. The zero-order valence-electron chi connectivity index (χ0n) is 7.46. The number of alkyl halides is 1. The monoisotopic (exact) mass is 295 g/mol. The Balaban J connectivity index is 1.84. The summed E-state index contributed by atoms with van der Waals surface area (Å²) in [6.07, 6.45) is 3.77. The average molecular weight is 295 g/mol. The van der Waals surface area contributed by atoms with Gasteiger partial charge in [0.2, 0.25) is 5.91 Å². The number of hydrogen-bond donors (Lipinski definition) is 1. The smallest absolute Gasteiger partial charge is 0.225 e. The summed E-state index contributed by atoms with van der Waals surface area (Å²) in [6.45, 7) is 0.785. The molecule has 0 aromatic rings. The van der Waals surface area contributed by atoms with Crippen LogP contribution < -0.4 is 5.32 Å². The number of hydrogen-bond acceptors (Lipinski definition) is 2. The van der Waals surface area contributed by atoms with Gasteiger partial charge in [0.1, 0.15) is 0 Å². The van der Waals surface area contributed by atoms with Crippen LogP contribution in [0.2, 0.25) is 0 Å². The number of ether oxygens (including phenoxy) is 1. The molecule has 2 aliphatic heterocycles. The van der Waals surface area contributed by atoms with E-state index in [2.05, 4.69) is 27.9 Å². The van der Waals surface area contributed by atoms with Gasteiger partial charge in [0.25, 0.3) is 0 Å². The maximum atomic E-state index is 11.6. The second-order valence-electron chi connectivity index (χ2n) is 3.70. The lowest BCUT2D eigenvalue weighted by Gasteiger charge is -2.17. The molecule has 0 saturated carbocycles. The Labute approximate surface area is 91.7 Å². The Hall–Kier alpha value is 0.160. The molecule has 2 saturated heterocycles. The first-order valence-electron chi connectivity index (χ1n) is 4.80. The van der Waals surface area contributed by atoms with E-state index in [4.69, 9.17) is 4.74 Å². The topological polar surface area (TPSA) is 38.3 Å². The van der Waals surface area contributed by atoms with Crippen molar-refractivity contribution in [1.29, 1.82) is 0 Å². The standard InChI is InChI=1S/C9H14INO2/c10-3-4-11-9(12)7-5-6-1-2-8(7)13-6/h6-8H,1-5H2,(H,11,12). The van der Waals surface area contributed by atoms with Crippen LogP contribution in [-0.2, 0) is 9.53 Å². The number of amides is 1. The average Bonchev–Trinajstić information content (AvgIpc) is 2.74. The number of carbonyl (C=O) groups excluding carboxylic acids is 1. The molecule has 0 spiro atoms. The Morgan fingerprint density at radius 2 is 2.38 bits per heavy atom. The van der Waals surface area contributed by atoms with Gasteiger partial charge in [0.15, 0.2) is 0 Å². The molecular formula is C9H14INO2. The number of fused-ring (bicyclic) bond motifs is 2. The molecule has 2 heterocycles. The lowest BCUT2D eigenvalue weighted by Crippen LogP contribution is -2.36. The molecule has 0 aromatic carbocycles. The molecule has 2 fully saturated rings. The lowest BCUT2D eigenvalue weighted by molar-refractivity contribution is -0.126. The molecule has 0 aromatic heterocycles. The van der Waals surface area contributed by atoms with E-state index in [0.717, 1.165) is 30.2 Å². The highest BCUT2D eigenvalue weighted by Gasteiger charge is 2.44. The van der Waals surface area contributed by atoms with Crippen molar-refractivity contribution in [3.05, 3.63) is 0 Å². The van der Waals surface area contributed by atoms with Crippen molar-refractivity contribution in [2.75, 3.05) is 11.0 Å². The van der Waals surface area contributed by atoms with E-state index in [1.165, 1.54) is 0 Å². The molecule has 74 valence electrons. The highest BCUT2D eigenvalue weighted by Crippen LogP contribution is 2.38. The number of halogens is 1. The zero-order chi connectivity index (χ0) is 9.26. The van der Waals surface area contributed by atoms with Gasteiger partial charge in [0, 0.05) is 11.0 Å². The molecule has 3 atom stereocenters. The predicted octanol–water partition coefficient (Wildman–Crippen LogP) is 1.11. The van der Waals surface area contributed by atoms with Gasteiger partial charge in [0.05, 0.1) is 18.1 Å². The van der Waals surface area contributed by atoms with E-state index in [0.29, 0.717) is 6.10 Å². The third kappa shape index (κ3) is 1.98. The van der Waals surface area contributed by atoms with Gasteiger partial charge in [-0.2, -0.15) is 0 Å². The first kappa shape index (κ1) is 9.71. The fourth-order valence-electron chi connectivity index (χ4n) is 2.22. The Bertz CT molecular complexity index is 210. The van der Waals surface area contributed by atoms with Crippen molar-refractivity contribution in [3.63, 3.8) is 0 Å². The maximum absolute atomic E-state index is 11.6. The maximum Gasteiger partial charge on any atom is 0.225 e. The van der Waals surface area contributed by atoms with Gasteiger partial charge < -0.3 is 10.1 Å². The van der Waals surface area contributed by atoms with Crippen molar-refractivity contribution < 1.29 is 9.53 Å². The van der Waals surface area contributed by atoms with Crippen LogP contribution in [0.1, 0.15) is 19.3 Å². The van der Waals surface area contributed by atoms with Crippen molar-refractivity contribution in [2.45, 2.75) is 31.5 Å². The zero-order valence-corrected chi connectivity index (χ0v) is 9.62. The van der Waals surface area contributed by atoms with E-state index in [-0.39, 0.29) is 17.9 Å². The summed E-state index contributed by atoms with van der Waals surface area (Å²) in [5, 5.41) is 2.93. The quantitative estimate of drug-likeness (QED) is 0.625. The molecule has 1 N–H and O–H groups in total. The first-order valence-corrected chi connectivity index (χ1v) is 6.33. The predicted molar refractivity (Wildman–Crippen MR) is 57.9 cm³/mol. The summed E-state index contributed by atoms with van der Waals surface area (Å²) in [5.41, 5.74) is 0. The van der Waals surface area contributed by atoms with E-state index < -0.39 is 0 Å². The van der Waals surface area contributed by atoms with Crippen LogP contribution in [0.15, 0.2) is 0 Å². The van der Waals surface area contributed by atoms with Crippen molar-refractivity contribution >= 4 is 28.5 Å². The van der Waals surface area contributed by atoms with Gasteiger partial charge in [-0.25, -0.2) is 0 Å². The number of nitrogens with one attached hydrogen (secondary N) is 1. The lowest BCUT2D eigenvalue weighted by atomic mass is 9.88. The summed E-state index contributed by atoms with van der Waals surface area (Å²) in [7, 11) is 0. The Morgan fingerprint density at radius 3 is 2.92 bits per heavy atom. The fraction of sp³-hybridized carbons (Fsp3) is 0.889. The van der Waals surface area contributed by atoms with Gasteiger partial charge in [-0.05, 0) is 19.3 Å². The molecule has 13 heavy (non-hydrogen) atoms. The summed E-state index contributed by atoms with van der Waals surface area (Å²) in [5.74, 6) is 0.338. The van der Waals surface area contributed by atoms with Crippen molar-refractivity contribution in [1.82, 2.24) is 5.32 Å². The number of carbonyl (C=O) groups is 1. The van der Waals surface area contributed by atoms with Crippen LogP contribution in [0, 0.1) is 5.92 Å². The molecule has 0 aliphatic carbocycles. The second-order valence-corrected chi connectivity index (χ2v) is 4.77. The molecule has 3 nitrogen and oxygen atoms in total. The van der Waals surface area contributed by atoms with E-state index in [1.54, 1.807) is 0 Å². The fourth-order valence-corrected chi connectivity index (χ4v) is 2.48. The third-order valence-electron chi connectivity index (χ3n) is 2.84. The summed E-state index contributed by atoms with van der Waals surface area (Å²) in [4.78, 5) is 11.6. The summed E-state index contributed by atoms with van der Waals surface area (Å²) in [6, 6.07) is 0. The van der Waals surface area contributed by atoms with Gasteiger partial charge in [-0.3, -0.25) is 4.79 Å². The van der Waals surface area contributed by atoms with Crippen LogP contribution in [-0.4, -0.2) is 29.1 Å². The van der Waals surface area contributed by atoms with Crippen LogP contribution in [0.25, 0.3) is 0 Å². The minimum atomic E-state index is 0.140. The largest absolute Gasteiger partial charge is 0.374 e. The van der Waals surface area contributed by atoms with E-state index in [1.807, 2.05) is 0 Å². The van der Waals surface area contributed by atoms with Crippen molar-refractivity contribution in [2.24, 2.45) is 5.92 Å². The molecule has 3 unspecified atom stereocenters. The highest BCUT2D eigenvalue weighted by molar-refractivity contribution is 14.1. The Morgan fingerprint density at radius 1 is 1.54 bits per heavy atom. The van der Waals surface area contributed by atoms with Crippen LogP contribution >= 0.6 is 22.6 Å². The van der Waals surface area contributed by atoms with Crippen LogP contribution in [0.3, 0.4) is 0 Å². The van der Waals surface area contributed by atoms with E-state index in [9.17, 15) is 4.79 Å². The summed E-state index contributed by atoms with van der Waals surface area (Å²) >= 11 is 2.26. The SMILES string of the molecule is O=C(NCCI)C1CC2CCC1O2. The van der Waals surface area contributed by atoms with Gasteiger partial charge >= 0.3 is 0 Å². The van der Waals surface area contributed by atoms with Crippen LogP contribution in [0.4, 0.5) is 0 Å². The third-order valence-corrected chi connectivity index (χ3v) is 3.38. The molecule has 2 bridgehead atoms. The van der Waals surface area contributed by atoms with Crippen molar-refractivity contribution in [3.8, 4) is 0 Å². The minimum Gasteiger partial charge on any atom is -0.374 e. The normalized spacial score (nSPS) is 36.5. The second kappa shape index (κ2) is 4.13. The van der Waals surface area contributed by atoms with E-state index >= 15 is 0 Å². The molecule has 2 rings (SSSR count). The molecule has 1 amide bonds. The minimum absolute atomic E-state index is 0.140. The molecular weight excluding hydrogens is 281 g/mol. The summed E-state index contributed by atoms with van der Waals surface area (Å²) < 4.78 is 6.60. The van der Waals surface area contributed by atoms with Gasteiger partial charge in [-0.15, -0.1) is 0 Å². The highest BCUT2D eigenvalue weighted by atomic mass is 127. The first-order chi connectivity index (χ1) is 6.31. The Kier molecular flexibility index (Phi) is 3.08. The molecule has 2 aliphatic rings.